The third kappa shape index (κ3) is 2.81. The highest BCUT2D eigenvalue weighted by molar-refractivity contribution is 5.49. The zero-order valence-electron chi connectivity index (χ0n) is 10.2. The van der Waals surface area contributed by atoms with Gasteiger partial charge in [0.2, 0.25) is 0 Å². The number of rotatable bonds is 5. The molecule has 0 aliphatic rings. The average Bonchev–Trinajstić information content (AvgIpc) is 2.70. The van der Waals surface area contributed by atoms with E-state index in [9.17, 15) is 0 Å². The molecule has 0 radical (unpaired) electrons. The number of aromatic nitrogens is 1. The van der Waals surface area contributed by atoms with E-state index < -0.39 is 0 Å². The topological polar surface area (TPSA) is 43.0 Å². The van der Waals surface area contributed by atoms with E-state index in [1.807, 2.05) is 30.3 Å². The predicted octanol–water partition coefficient (Wildman–Crippen LogP) is 2.94. The summed E-state index contributed by atoms with van der Waals surface area (Å²) in [5.74, 6) is 1.89. The lowest BCUT2D eigenvalue weighted by molar-refractivity contribution is 0.812. The van der Waals surface area contributed by atoms with Crippen molar-refractivity contribution in [2.24, 2.45) is 0 Å². The summed E-state index contributed by atoms with van der Waals surface area (Å²) in [5, 5.41) is 3.39. The van der Waals surface area contributed by atoms with Gasteiger partial charge in [0.05, 0.1) is 6.54 Å². The van der Waals surface area contributed by atoms with Crippen LogP contribution in [0.4, 0.5) is 11.6 Å². The first-order valence-corrected chi connectivity index (χ1v) is 6.04. The zero-order chi connectivity index (χ0) is 12.1. The average molecular weight is 229 g/mol. The van der Waals surface area contributed by atoms with Gasteiger partial charge < -0.3 is 15.6 Å². The minimum absolute atomic E-state index is 0.799. The normalized spacial score (nSPS) is 10.4. The van der Waals surface area contributed by atoms with Gasteiger partial charge in [0.25, 0.3) is 0 Å². The summed E-state index contributed by atoms with van der Waals surface area (Å²) in [5.41, 5.74) is 7.24. The van der Waals surface area contributed by atoms with Crippen LogP contribution >= 0.6 is 0 Å². The largest absolute Gasteiger partial charge is 0.385 e. The Morgan fingerprint density at radius 1 is 1.12 bits per heavy atom. The maximum atomic E-state index is 5.98. The predicted molar refractivity (Wildman–Crippen MR) is 73.2 cm³/mol. The molecule has 17 heavy (non-hydrogen) atoms. The molecule has 0 spiro atoms. The monoisotopic (exact) mass is 229 g/mol. The molecule has 0 bridgehead atoms. The molecule has 3 N–H and O–H groups in total. The van der Waals surface area contributed by atoms with Gasteiger partial charge in [0, 0.05) is 6.54 Å². The molecule has 0 saturated heterocycles. The van der Waals surface area contributed by atoms with Crippen LogP contribution in [0.2, 0.25) is 0 Å². The molecular formula is C14H19N3. The fourth-order valence-corrected chi connectivity index (χ4v) is 1.83. The Hall–Kier alpha value is -1.90. The molecular weight excluding hydrogens is 210 g/mol. The maximum Gasteiger partial charge on any atom is 0.107 e. The van der Waals surface area contributed by atoms with Gasteiger partial charge in [0.15, 0.2) is 0 Å². The first kappa shape index (κ1) is 11.6. The Labute approximate surface area is 102 Å². The van der Waals surface area contributed by atoms with Crippen LogP contribution in [-0.2, 0) is 6.54 Å². The van der Waals surface area contributed by atoms with Crippen LogP contribution in [0.5, 0.6) is 0 Å². The zero-order valence-corrected chi connectivity index (χ0v) is 10.2. The van der Waals surface area contributed by atoms with Crippen LogP contribution in [0.15, 0.2) is 42.5 Å². The van der Waals surface area contributed by atoms with Gasteiger partial charge >= 0.3 is 0 Å². The van der Waals surface area contributed by atoms with Crippen LogP contribution in [0.25, 0.3) is 0 Å². The van der Waals surface area contributed by atoms with Crippen LogP contribution in [0.3, 0.4) is 0 Å². The van der Waals surface area contributed by atoms with Crippen LogP contribution in [-0.4, -0.2) is 11.1 Å². The quantitative estimate of drug-likeness (QED) is 0.827. The molecule has 0 amide bonds. The number of benzene rings is 1. The van der Waals surface area contributed by atoms with Crippen molar-refractivity contribution in [3.8, 4) is 0 Å². The van der Waals surface area contributed by atoms with Gasteiger partial charge in [-0.05, 0) is 24.1 Å². The third-order valence-electron chi connectivity index (χ3n) is 2.75. The number of hydrogen-bond acceptors (Lipinski definition) is 2. The Bertz CT molecular complexity index is 460. The molecule has 2 rings (SSSR count). The second kappa shape index (κ2) is 5.43. The number of nitrogen functional groups attached to an aromatic ring is 1. The van der Waals surface area contributed by atoms with E-state index in [1.165, 1.54) is 5.56 Å². The van der Waals surface area contributed by atoms with Gasteiger partial charge in [-0.3, -0.25) is 0 Å². The van der Waals surface area contributed by atoms with Crippen molar-refractivity contribution in [2.75, 3.05) is 17.6 Å². The van der Waals surface area contributed by atoms with Gasteiger partial charge in [-0.1, -0.05) is 37.3 Å². The molecule has 0 fully saturated rings. The summed E-state index contributed by atoms with van der Waals surface area (Å²) in [6, 6.07) is 14.3. The summed E-state index contributed by atoms with van der Waals surface area (Å²) < 4.78 is 2.10. The van der Waals surface area contributed by atoms with Crippen molar-refractivity contribution >= 4 is 11.6 Å². The lowest BCUT2D eigenvalue weighted by Crippen LogP contribution is -2.10. The minimum atomic E-state index is 0.799. The molecule has 0 saturated carbocycles. The first-order chi connectivity index (χ1) is 8.31. The van der Waals surface area contributed by atoms with E-state index in [-0.39, 0.29) is 0 Å². The van der Waals surface area contributed by atoms with Crippen molar-refractivity contribution in [3.05, 3.63) is 48.0 Å². The number of hydrogen-bond donors (Lipinski definition) is 2. The van der Waals surface area contributed by atoms with Crippen molar-refractivity contribution < 1.29 is 0 Å². The molecule has 0 atom stereocenters. The Morgan fingerprint density at radius 3 is 2.59 bits per heavy atom. The second-order valence-electron chi connectivity index (χ2n) is 4.14. The number of anilines is 2. The number of nitrogens with one attached hydrogen (secondary N) is 1. The van der Waals surface area contributed by atoms with Crippen molar-refractivity contribution in [1.82, 2.24) is 4.57 Å². The van der Waals surface area contributed by atoms with Crippen molar-refractivity contribution in [2.45, 2.75) is 19.9 Å². The number of nitrogens with zero attached hydrogens (tertiary/aromatic N) is 1. The summed E-state index contributed by atoms with van der Waals surface area (Å²) in [6.45, 7) is 3.94. The lowest BCUT2D eigenvalue weighted by atomic mass is 10.2. The van der Waals surface area contributed by atoms with Crippen LogP contribution in [0.1, 0.15) is 18.9 Å². The maximum absolute atomic E-state index is 5.98. The standard InChI is InChI=1S/C14H19N3/c1-2-10-16-14-9-8-13(15)17(14)11-12-6-4-3-5-7-12/h3-9,16H,2,10-11,15H2,1H3. The lowest BCUT2D eigenvalue weighted by Gasteiger charge is -2.12. The summed E-state index contributed by atoms with van der Waals surface area (Å²) in [6.07, 6.45) is 1.11. The summed E-state index contributed by atoms with van der Waals surface area (Å²) >= 11 is 0. The molecule has 3 heteroatoms. The smallest absolute Gasteiger partial charge is 0.107 e. The fraction of sp³-hybridized carbons (Fsp3) is 0.286. The van der Waals surface area contributed by atoms with Gasteiger partial charge in [-0.15, -0.1) is 0 Å². The Balaban J connectivity index is 2.17. The van der Waals surface area contributed by atoms with E-state index in [0.717, 1.165) is 31.1 Å². The number of nitrogens with two attached hydrogens (primary N) is 1. The molecule has 1 aromatic carbocycles. The van der Waals surface area contributed by atoms with Crippen LogP contribution < -0.4 is 11.1 Å². The first-order valence-electron chi connectivity index (χ1n) is 6.04. The molecule has 1 heterocycles. The highest BCUT2D eigenvalue weighted by Gasteiger charge is 2.05. The van der Waals surface area contributed by atoms with Gasteiger partial charge in [-0.25, -0.2) is 0 Å². The van der Waals surface area contributed by atoms with Crippen LogP contribution in [0, 0.1) is 0 Å². The van der Waals surface area contributed by atoms with E-state index >= 15 is 0 Å². The van der Waals surface area contributed by atoms with Gasteiger partial charge in [-0.2, -0.15) is 0 Å². The third-order valence-corrected chi connectivity index (χ3v) is 2.75. The molecule has 1 aromatic heterocycles. The molecule has 0 unspecified atom stereocenters. The Kier molecular flexibility index (Phi) is 3.70. The van der Waals surface area contributed by atoms with Crippen molar-refractivity contribution in [1.29, 1.82) is 0 Å². The highest BCUT2D eigenvalue weighted by atomic mass is 15.1. The summed E-state index contributed by atoms with van der Waals surface area (Å²) in [7, 11) is 0. The van der Waals surface area contributed by atoms with E-state index in [4.69, 9.17) is 5.73 Å². The molecule has 0 aliphatic heterocycles. The summed E-state index contributed by atoms with van der Waals surface area (Å²) in [4.78, 5) is 0. The van der Waals surface area contributed by atoms with Gasteiger partial charge in [0.1, 0.15) is 11.6 Å². The molecule has 3 nitrogen and oxygen atoms in total. The van der Waals surface area contributed by atoms with Crippen molar-refractivity contribution in [3.63, 3.8) is 0 Å². The highest BCUT2D eigenvalue weighted by Crippen LogP contribution is 2.18. The second-order valence-corrected chi connectivity index (χ2v) is 4.14. The molecule has 2 aromatic rings. The molecule has 90 valence electrons. The Morgan fingerprint density at radius 2 is 1.88 bits per heavy atom. The van der Waals surface area contributed by atoms with E-state index in [2.05, 4.69) is 28.9 Å². The molecule has 0 aliphatic carbocycles. The fourth-order valence-electron chi connectivity index (χ4n) is 1.83. The SMILES string of the molecule is CCCNc1ccc(N)n1Cc1ccccc1. The minimum Gasteiger partial charge on any atom is -0.385 e. The van der Waals surface area contributed by atoms with E-state index in [0.29, 0.717) is 0 Å². The van der Waals surface area contributed by atoms with E-state index in [1.54, 1.807) is 0 Å².